The number of nitrogens with two attached hydrogens (primary N) is 1. The Bertz CT molecular complexity index is 1330. The maximum Gasteiger partial charge on any atom is 0.573 e. The first kappa shape index (κ1) is 24.8. The van der Waals surface area contributed by atoms with Gasteiger partial charge in [0.2, 0.25) is 0 Å². The van der Waals surface area contributed by atoms with Crippen LogP contribution in [0.2, 0.25) is 0 Å². The maximum absolute atomic E-state index is 13.6. The number of nitrogen functional groups attached to an aromatic ring is 1. The number of ether oxygens (including phenoxy) is 2. The lowest BCUT2D eigenvalue weighted by molar-refractivity contribution is -0.274. The number of hydrogen-bond acceptors (Lipinski definition) is 6. The first-order valence-corrected chi connectivity index (χ1v) is 11.6. The number of hydrogen-bond donors (Lipinski definition) is 2. The average Bonchev–Trinajstić information content (AvgIpc) is 3.46. The fourth-order valence-corrected chi connectivity index (χ4v) is 4.72. The van der Waals surface area contributed by atoms with E-state index in [1.807, 2.05) is 0 Å². The van der Waals surface area contributed by atoms with E-state index in [-0.39, 0.29) is 18.4 Å². The first-order valence-electron chi connectivity index (χ1n) is 11.6. The van der Waals surface area contributed by atoms with Crippen molar-refractivity contribution in [2.75, 3.05) is 25.4 Å². The molecular weight excluding hydrogens is 496 g/mol. The van der Waals surface area contributed by atoms with Crippen LogP contribution in [0.25, 0.3) is 11.3 Å². The van der Waals surface area contributed by atoms with Crippen molar-refractivity contribution in [3.05, 3.63) is 59.7 Å². The van der Waals surface area contributed by atoms with Crippen molar-refractivity contribution in [2.24, 2.45) is 0 Å². The number of nitrogens with one attached hydrogen (secondary N) is 1. The Labute approximate surface area is 209 Å². The van der Waals surface area contributed by atoms with Gasteiger partial charge in [0.15, 0.2) is 11.6 Å². The van der Waals surface area contributed by atoms with Crippen LogP contribution in [0.15, 0.2) is 42.6 Å². The van der Waals surface area contributed by atoms with Crippen molar-refractivity contribution in [1.82, 2.24) is 25.0 Å². The molecule has 1 saturated heterocycles. The van der Waals surface area contributed by atoms with E-state index in [2.05, 4.69) is 20.1 Å². The van der Waals surface area contributed by atoms with E-state index < -0.39 is 29.6 Å². The molecule has 2 aliphatic rings. The van der Waals surface area contributed by atoms with Crippen molar-refractivity contribution < 1.29 is 31.8 Å². The molecule has 2 amide bonds. The zero-order chi connectivity index (χ0) is 26.4. The zero-order valence-electron chi connectivity index (χ0n) is 19.8. The van der Waals surface area contributed by atoms with E-state index in [1.165, 1.54) is 18.3 Å². The van der Waals surface area contributed by atoms with Crippen LogP contribution in [-0.4, -0.2) is 51.8 Å². The summed E-state index contributed by atoms with van der Waals surface area (Å²) in [6.45, 7) is 3.23. The number of carbonyl (C=O) groups is 1. The Morgan fingerprint density at radius 2 is 2.08 bits per heavy atom. The number of pyridine rings is 1. The number of carbonyl (C=O) groups excluding carboxylic acids is 1. The van der Waals surface area contributed by atoms with Gasteiger partial charge < -0.3 is 25.4 Å². The quantitative estimate of drug-likeness (QED) is 0.505. The molecule has 1 aromatic carbocycles. The van der Waals surface area contributed by atoms with Gasteiger partial charge in [0, 0.05) is 24.7 Å². The largest absolute Gasteiger partial charge is 0.573 e. The third-order valence-corrected chi connectivity index (χ3v) is 6.54. The molecule has 0 bridgehead atoms. The topological polar surface area (TPSA) is 108 Å². The van der Waals surface area contributed by atoms with Crippen molar-refractivity contribution in [3.8, 4) is 17.0 Å². The van der Waals surface area contributed by atoms with Gasteiger partial charge in [-0.1, -0.05) is 12.1 Å². The molecule has 37 heavy (non-hydrogen) atoms. The third-order valence-electron chi connectivity index (χ3n) is 6.54. The number of fused-ring (bicyclic) bond motifs is 2. The van der Waals surface area contributed by atoms with Crippen LogP contribution >= 0.6 is 0 Å². The molecule has 4 heterocycles. The van der Waals surface area contributed by atoms with Crippen molar-refractivity contribution in [1.29, 1.82) is 0 Å². The number of alkyl halides is 3. The van der Waals surface area contributed by atoms with Gasteiger partial charge in [0.25, 0.3) is 0 Å². The Morgan fingerprint density at radius 3 is 2.84 bits per heavy atom. The lowest BCUT2D eigenvalue weighted by Crippen LogP contribution is -2.44. The second kappa shape index (κ2) is 9.21. The van der Waals surface area contributed by atoms with E-state index in [0.717, 1.165) is 6.07 Å². The molecule has 3 aromatic rings. The Kier molecular flexibility index (Phi) is 6.18. The van der Waals surface area contributed by atoms with Crippen LogP contribution < -0.4 is 15.8 Å². The third kappa shape index (κ3) is 5.03. The predicted molar refractivity (Wildman–Crippen MR) is 124 cm³/mol. The van der Waals surface area contributed by atoms with Gasteiger partial charge in [0.05, 0.1) is 37.1 Å². The number of rotatable bonds is 4. The average molecular weight is 520 g/mol. The van der Waals surface area contributed by atoms with E-state index in [0.29, 0.717) is 48.6 Å². The fraction of sp³-hybridized carbons (Fsp3) is 0.375. The van der Waals surface area contributed by atoms with Crippen LogP contribution in [-0.2, 0) is 16.9 Å². The number of anilines is 1. The lowest BCUT2D eigenvalue weighted by Gasteiger charge is -2.34. The normalized spacial score (nSPS) is 20.1. The van der Waals surface area contributed by atoms with Crippen LogP contribution in [0.1, 0.15) is 30.6 Å². The molecule has 9 nitrogen and oxygen atoms in total. The fourth-order valence-electron chi connectivity index (χ4n) is 4.72. The van der Waals surface area contributed by atoms with Crippen LogP contribution in [0.4, 0.5) is 28.2 Å². The van der Waals surface area contributed by atoms with Gasteiger partial charge >= 0.3 is 12.4 Å². The molecule has 0 saturated carbocycles. The number of amides is 2. The maximum atomic E-state index is 13.6. The molecule has 2 aliphatic heterocycles. The molecule has 13 heteroatoms. The number of halogens is 4. The van der Waals surface area contributed by atoms with Gasteiger partial charge in [-0.15, -0.1) is 13.2 Å². The van der Waals surface area contributed by atoms with Crippen LogP contribution in [0.3, 0.4) is 0 Å². The van der Waals surface area contributed by atoms with Gasteiger partial charge in [-0.2, -0.15) is 5.10 Å². The number of nitrogens with zero attached hydrogens (tertiary/aromatic N) is 4. The second-order valence-corrected chi connectivity index (χ2v) is 9.03. The Balaban J connectivity index is 1.35. The SMILES string of the molecule is CC(NC(=O)N1CCC2(C1)OCCn1nc(-c3cnc(N)c(OC(F)(F)F)c3)cc12)c1cccc(F)c1. The van der Waals surface area contributed by atoms with Gasteiger partial charge in [0.1, 0.15) is 11.4 Å². The molecule has 196 valence electrons. The minimum atomic E-state index is -4.92. The summed E-state index contributed by atoms with van der Waals surface area (Å²) >= 11 is 0. The summed E-state index contributed by atoms with van der Waals surface area (Å²) in [5.41, 5.74) is 6.74. The molecule has 1 fully saturated rings. The molecule has 5 rings (SSSR count). The van der Waals surface area contributed by atoms with E-state index in [1.54, 1.807) is 34.7 Å². The first-order chi connectivity index (χ1) is 17.5. The van der Waals surface area contributed by atoms with Crippen molar-refractivity contribution in [3.63, 3.8) is 0 Å². The monoisotopic (exact) mass is 520 g/mol. The molecule has 0 aliphatic carbocycles. The van der Waals surface area contributed by atoms with E-state index in [9.17, 15) is 22.4 Å². The highest BCUT2D eigenvalue weighted by Gasteiger charge is 2.47. The van der Waals surface area contributed by atoms with Crippen molar-refractivity contribution >= 4 is 11.8 Å². The van der Waals surface area contributed by atoms with Crippen LogP contribution in [0, 0.1) is 5.82 Å². The summed E-state index contributed by atoms with van der Waals surface area (Å²) in [5.74, 6) is -1.39. The Morgan fingerprint density at radius 1 is 1.27 bits per heavy atom. The molecule has 2 aromatic heterocycles. The molecule has 2 atom stereocenters. The number of benzene rings is 1. The minimum absolute atomic E-state index is 0.252. The van der Waals surface area contributed by atoms with E-state index in [4.69, 9.17) is 10.5 Å². The van der Waals surface area contributed by atoms with Crippen LogP contribution in [0.5, 0.6) is 5.75 Å². The highest BCUT2D eigenvalue weighted by atomic mass is 19.4. The molecule has 0 radical (unpaired) electrons. The van der Waals surface area contributed by atoms with Gasteiger partial charge in [-0.05, 0) is 36.8 Å². The summed E-state index contributed by atoms with van der Waals surface area (Å²) in [5, 5.41) is 7.43. The zero-order valence-corrected chi connectivity index (χ0v) is 19.8. The number of urea groups is 1. The summed E-state index contributed by atoms with van der Waals surface area (Å²) < 4.78 is 63.7. The molecular formula is C24H24F4N6O3. The minimum Gasteiger partial charge on any atom is -0.402 e. The summed E-state index contributed by atoms with van der Waals surface area (Å²) in [7, 11) is 0. The summed E-state index contributed by atoms with van der Waals surface area (Å²) in [6, 6.07) is 8.17. The molecule has 3 N–H and O–H groups in total. The molecule has 2 unspecified atom stereocenters. The van der Waals surface area contributed by atoms with E-state index >= 15 is 0 Å². The number of likely N-dealkylation sites (tertiary alicyclic amines) is 1. The highest BCUT2D eigenvalue weighted by molar-refractivity contribution is 5.75. The standard InChI is InChI=1S/C24H24F4N6O3/c1-14(15-3-2-4-17(25)9-15)31-22(35)33-6-5-23(13-33)20-11-18(32-34(20)7-8-36-23)16-10-19(21(29)30-12-16)37-24(26,27)28/h2-4,9-12,14H,5-8,13H2,1H3,(H2,29,30)(H,31,35). The smallest absolute Gasteiger partial charge is 0.402 e. The van der Waals surface area contributed by atoms with Crippen molar-refractivity contribution in [2.45, 2.75) is 37.9 Å². The lowest BCUT2D eigenvalue weighted by atomic mass is 9.96. The van der Waals surface area contributed by atoms with Gasteiger partial charge in [-0.3, -0.25) is 4.68 Å². The second-order valence-electron chi connectivity index (χ2n) is 9.03. The predicted octanol–water partition coefficient (Wildman–Crippen LogP) is 3.97. The summed E-state index contributed by atoms with van der Waals surface area (Å²) in [4.78, 5) is 18.4. The highest BCUT2D eigenvalue weighted by Crippen LogP contribution is 2.40. The summed E-state index contributed by atoms with van der Waals surface area (Å²) in [6.07, 6.45) is -3.09. The molecule has 1 spiro atoms. The van der Waals surface area contributed by atoms with Gasteiger partial charge in [-0.25, -0.2) is 14.2 Å². The Hall–Kier alpha value is -3.87. The number of aromatic nitrogens is 3.